The Kier molecular flexibility index (Phi) is 19.6. The summed E-state index contributed by atoms with van der Waals surface area (Å²) < 4.78 is 0. The first kappa shape index (κ1) is 20.8. The van der Waals surface area contributed by atoms with Crippen LogP contribution in [0.3, 0.4) is 0 Å². The Hall–Kier alpha value is -0.200. The van der Waals surface area contributed by atoms with Crippen LogP contribution in [0.1, 0.15) is 96.8 Å². The number of unbranched alkanes of at least 4 members (excludes halogenated alkanes) is 13. The van der Waals surface area contributed by atoms with Crippen molar-refractivity contribution < 1.29 is 25.3 Å². The molecule has 128 valence electrons. The third-order valence-electron chi connectivity index (χ3n) is 3.69. The van der Waals surface area contributed by atoms with Gasteiger partial charge in [0.2, 0.25) is 0 Å². The Balaban J connectivity index is 2.90. The van der Waals surface area contributed by atoms with Gasteiger partial charge in [-0.3, -0.25) is 0 Å². The van der Waals surface area contributed by atoms with E-state index in [9.17, 15) is 0 Å². The van der Waals surface area contributed by atoms with Crippen molar-refractivity contribution in [1.29, 1.82) is 0 Å². The highest BCUT2D eigenvalue weighted by Gasteiger charge is 1.95. The minimum absolute atomic E-state index is 0.446. The van der Waals surface area contributed by atoms with Gasteiger partial charge in [0.15, 0.2) is 0 Å². The van der Waals surface area contributed by atoms with E-state index in [1.807, 2.05) is 0 Å². The molecule has 0 aliphatic carbocycles. The van der Waals surface area contributed by atoms with E-state index in [4.69, 9.17) is 5.26 Å². The second kappa shape index (κ2) is 19.8. The molecule has 0 bridgehead atoms. The van der Waals surface area contributed by atoms with Crippen LogP contribution in [-0.4, -0.2) is 11.9 Å². The highest BCUT2D eigenvalue weighted by Crippen LogP contribution is 2.12. The molecule has 0 spiro atoms. The van der Waals surface area contributed by atoms with Crippen molar-refractivity contribution in [2.75, 3.05) is 6.61 Å². The zero-order valence-corrected chi connectivity index (χ0v) is 13.7. The topological polar surface area (TPSA) is 57.2 Å². The van der Waals surface area contributed by atoms with Gasteiger partial charge in [-0.1, -0.05) is 90.4 Å². The van der Waals surface area contributed by atoms with Crippen LogP contribution in [0.4, 0.5) is 0 Å². The van der Waals surface area contributed by atoms with E-state index in [2.05, 4.69) is 26.9 Å². The van der Waals surface area contributed by atoms with Crippen LogP contribution in [0.2, 0.25) is 0 Å². The number of hydrogen-bond donors (Lipinski definition) is 1. The van der Waals surface area contributed by atoms with E-state index >= 15 is 0 Å². The fourth-order valence-corrected chi connectivity index (χ4v) is 2.42. The minimum atomic E-state index is 0.446. The lowest BCUT2D eigenvalue weighted by Gasteiger charge is -2.03. The Morgan fingerprint density at radius 1 is 0.571 bits per heavy atom. The third kappa shape index (κ3) is 19.8. The van der Waals surface area contributed by atoms with Crippen LogP contribution < -0.4 is 0 Å². The van der Waals surface area contributed by atoms with E-state index in [1.165, 1.54) is 77.0 Å². The fourth-order valence-electron chi connectivity index (χ4n) is 2.42. The van der Waals surface area contributed by atoms with Crippen molar-refractivity contribution >= 4 is 0 Å². The van der Waals surface area contributed by atoms with Gasteiger partial charge in [0.05, 0.1) is 6.61 Å². The maximum atomic E-state index is 7.76. The first-order valence-corrected chi connectivity index (χ1v) is 8.68. The van der Waals surface area contributed by atoms with Crippen LogP contribution >= 0.6 is 0 Å². The van der Waals surface area contributed by atoms with Gasteiger partial charge in [0.25, 0.3) is 0 Å². The molecule has 0 aliphatic heterocycles. The van der Waals surface area contributed by atoms with Gasteiger partial charge in [0.1, 0.15) is 0 Å². The molecule has 5 heteroatoms. The summed E-state index contributed by atoms with van der Waals surface area (Å²) in [6.07, 6.45) is 18.5. The standard InChI is InChI=1S/C16H34O5/c1-2-3-4-5-6-7-8-9-10-11-12-13-14-15-16-18-20-21-19-17/h17H,2-16H2,1H3. The van der Waals surface area contributed by atoms with Gasteiger partial charge in [-0.25, -0.2) is 10.1 Å². The Labute approximate surface area is 129 Å². The van der Waals surface area contributed by atoms with Crippen molar-refractivity contribution in [2.24, 2.45) is 0 Å². The maximum absolute atomic E-state index is 7.76. The highest BCUT2D eigenvalue weighted by molar-refractivity contribution is 4.49. The normalized spacial score (nSPS) is 11.1. The third-order valence-corrected chi connectivity index (χ3v) is 3.69. The number of hydrogen-bond acceptors (Lipinski definition) is 5. The lowest BCUT2D eigenvalue weighted by Crippen LogP contribution is -1.97. The van der Waals surface area contributed by atoms with Gasteiger partial charge in [-0.15, -0.1) is 0 Å². The first-order chi connectivity index (χ1) is 10.4. The van der Waals surface area contributed by atoms with Gasteiger partial charge >= 0.3 is 0 Å². The summed E-state index contributed by atoms with van der Waals surface area (Å²) in [6, 6.07) is 0. The van der Waals surface area contributed by atoms with Gasteiger partial charge in [0, 0.05) is 0 Å². The molecule has 0 aromatic rings. The summed E-state index contributed by atoms with van der Waals surface area (Å²) >= 11 is 0. The molecule has 21 heavy (non-hydrogen) atoms. The molecule has 0 aromatic heterocycles. The average Bonchev–Trinajstić information content (AvgIpc) is 2.50. The Morgan fingerprint density at radius 2 is 1.00 bits per heavy atom. The monoisotopic (exact) mass is 306 g/mol. The lowest BCUT2D eigenvalue weighted by atomic mass is 10.0. The zero-order valence-electron chi connectivity index (χ0n) is 13.7. The van der Waals surface area contributed by atoms with Crippen molar-refractivity contribution in [2.45, 2.75) is 96.8 Å². The Bertz CT molecular complexity index is 160. The molecule has 0 amide bonds. The maximum Gasteiger partial charge on any atom is 0.0855 e. The SMILES string of the molecule is CCCCCCCCCCCCCCCCOOOOO. The smallest absolute Gasteiger partial charge is 0.0855 e. The molecule has 0 saturated carbocycles. The van der Waals surface area contributed by atoms with Crippen LogP contribution in [0, 0.1) is 0 Å². The quantitative estimate of drug-likeness (QED) is 0.198. The van der Waals surface area contributed by atoms with Crippen LogP contribution in [0.15, 0.2) is 0 Å². The van der Waals surface area contributed by atoms with Gasteiger partial charge < -0.3 is 0 Å². The van der Waals surface area contributed by atoms with E-state index in [0.29, 0.717) is 6.61 Å². The molecular formula is C16H34O5. The molecule has 0 unspecified atom stereocenters. The van der Waals surface area contributed by atoms with E-state index in [-0.39, 0.29) is 0 Å². The summed E-state index contributed by atoms with van der Waals surface area (Å²) in [5.74, 6) is 0. The zero-order chi connectivity index (χ0) is 15.4. The average molecular weight is 306 g/mol. The molecule has 0 aromatic carbocycles. The Morgan fingerprint density at radius 3 is 1.43 bits per heavy atom. The van der Waals surface area contributed by atoms with E-state index in [1.54, 1.807) is 0 Å². The molecule has 0 saturated heterocycles. The van der Waals surface area contributed by atoms with Crippen LogP contribution in [0.5, 0.6) is 0 Å². The predicted octanol–water partition coefficient (Wildman–Crippen LogP) is 5.75. The highest BCUT2D eigenvalue weighted by atomic mass is 17.8. The second-order valence-electron chi connectivity index (χ2n) is 5.63. The van der Waals surface area contributed by atoms with Crippen molar-refractivity contribution in [3.05, 3.63) is 0 Å². The van der Waals surface area contributed by atoms with Crippen LogP contribution in [0.25, 0.3) is 0 Å². The predicted molar refractivity (Wildman–Crippen MR) is 82.1 cm³/mol. The second-order valence-corrected chi connectivity index (χ2v) is 5.63. The summed E-state index contributed by atoms with van der Waals surface area (Å²) in [4.78, 5) is 4.57. The fraction of sp³-hybridized carbons (Fsp3) is 1.00. The molecule has 0 heterocycles. The molecule has 0 fully saturated rings. The van der Waals surface area contributed by atoms with E-state index < -0.39 is 0 Å². The first-order valence-electron chi connectivity index (χ1n) is 8.68. The molecule has 5 nitrogen and oxygen atoms in total. The molecule has 0 rings (SSSR count). The van der Waals surface area contributed by atoms with Gasteiger partial charge in [-0.2, -0.15) is 0 Å². The van der Waals surface area contributed by atoms with Crippen molar-refractivity contribution in [3.8, 4) is 0 Å². The number of rotatable bonds is 18. The molecule has 0 radical (unpaired) electrons. The largest absolute Gasteiger partial charge is 0.219 e. The lowest BCUT2D eigenvalue weighted by molar-refractivity contribution is -0.702. The molecule has 0 aliphatic rings. The summed E-state index contributed by atoms with van der Waals surface area (Å²) in [5, 5.41) is 18.7. The summed E-state index contributed by atoms with van der Waals surface area (Å²) in [5.41, 5.74) is 0. The minimum Gasteiger partial charge on any atom is -0.219 e. The van der Waals surface area contributed by atoms with Gasteiger partial charge in [-0.05, 0) is 21.5 Å². The van der Waals surface area contributed by atoms with E-state index in [0.717, 1.165) is 12.8 Å². The summed E-state index contributed by atoms with van der Waals surface area (Å²) in [7, 11) is 0. The molecular weight excluding hydrogens is 272 g/mol. The molecule has 0 atom stereocenters. The van der Waals surface area contributed by atoms with Crippen LogP contribution in [-0.2, 0) is 20.0 Å². The van der Waals surface area contributed by atoms with Crippen molar-refractivity contribution in [3.63, 3.8) is 0 Å². The molecule has 1 N–H and O–H groups in total. The summed E-state index contributed by atoms with van der Waals surface area (Å²) in [6.45, 7) is 2.71. The van der Waals surface area contributed by atoms with Crippen molar-refractivity contribution in [1.82, 2.24) is 0 Å².